The molecule has 18 heavy (non-hydrogen) atoms. The minimum atomic E-state index is 0.238. The van der Waals surface area contributed by atoms with Crippen molar-refractivity contribution in [1.29, 1.82) is 5.41 Å². The Kier molecular flexibility index (Phi) is 6.39. The number of nitrogens with two attached hydrogens (primary N) is 1. The number of hydrogen-bond donors (Lipinski definition) is 2. The lowest BCUT2D eigenvalue weighted by atomic mass is 10.1. The van der Waals surface area contributed by atoms with Gasteiger partial charge < -0.3 is 10.5 Å². The lowest BCUT2D eigenvalue weighted by molar-refractivity contribution is 0.145. The molecule has 0 unspecified atom stereocenters. The van der Waals surface area contributed by atoms with Gasteiger partial charge in [0.2, 0.25) is 0 Å². The SMILES string of the molecule is COCCN(CCC(=N)N)Cc1ccccc1C. The summed E-state index contributed by atoms with van der Waals surface area (Å²) in [5.74, 6) is 0.238. The first-order chi connectivity index (χ1) is 8.63. The molecular formula is C14H23N3O. The number of methoxy groups -OCH3 is 1. The molecule has 4 nitrogen and oxygen atoms in total. The molecule has 0 atom stereocenters. The van der Waals surface area contributed by atoms with Crippen molar-refractivity contribution in [2.45, 2.75) is 19.9 Å². The number of hydrogen-bond acceptors (Lipinski definition) is 3. The summed E-state index contributed by atoms with van der Waals surface area (Å²) in [4.78, 5) is 2.27. The normalized spacial score (nSPS) is 10.8. The lowest BCUT2D eigenvalue weighted by Crippen LogP contribution is -2.30. The van der Waals surface area contributed by atoms with Crippen molar-refractivity contribution in [2.75, 3.05) is 26.8 Å². The Morgan fingerprint density at radius 2 is 2.06 bits per heavy atom. The highest BCUT2D eigenvalue weighted by Crippen LogP contribution is 2.10. The number of ether oxygens (including phenoxy) is 1. The smallest absolute Gasteiger partial charge is 0.0918 e. The number of nitrogens with zero attached hydrogens (tertiary/aromatic N) is 1. The van der Waals surface area contributed by atoms with E-state index in [2.05, 4.69) is 30.0 Å². The first-order valence-corrected chi connectivity index (χ1v) is 6.22. The summed E-state index contributed by atoms with van der Waals surface area (Å²) >= 11 is 0. The Morgan fingerprint density at radius 3 is 2.67 bits per heavy atom. The predicted octanol–water partition coefficient (Wildman–Crippen LogP) is 1.77. The molecule has 1 aromatic carbocycles. The van der Waals surface area contributed by atoms with Gasteiger partial charge in [-0.1, -0.05) is 24.3 Å². The molecule has 0 heterocycles. The van der Waals surface area contributed by atoms with Crippen LogP contribution < -0.4 is 5.73 Å². The average molecular weight is 249 g/mol. The van der Waals surface area contributed by atoms with Crippen LogP contribution in [0.5, 0.6) is 0 Å². The highest BCUT2D eigenvalue weighted by molar-refractivity contribution is 5.76. The maximum atomic E-state index is 7.31. The minimum Gasteiger partial charge on any atom is -0.388 e. The van der Waals surface area contributed by atoms with E-state index in [1.807, 2.05) is 6.07 Å². The molecule has 0 aromatic heterocycles. The quantitative estimate of drug-likeness (QED) is 0.545. The predicted molar refractivity (Wildman–Crippen MR) is 74.9 cm³/mol. The zero-order chi connectivity index (χ0) is 13.4. The molecule has 1 rings (SSSR count). The second kappa shape index (κ2) is 7.84. The standard InChI is InChI=1S/C14H23N3O/c1-12-5-3-4-6-13(12)11-17(9-10-18-2)8-7-14(15)16/h3-6H,7-11H2,1-2H3,(H3,15,16). The maximum Gasteiger partial charge on any atom is 0.0918 e. The van der Waals surface area contributed by atoms with Gasteiger partial charge in [-0.25, -0.2) is 0 Å². The van der Waals surface area contributed by atoms with Crippen LogP contribution in [0.1, 0.15) is 17.5 Å². The summed E-state index contributed by atoms with van der Waals surface area (Å²) in [7, 11) is 1.71. The van der Waals surface area contributed by atoms with Crippen LogP contribution in [0.15, 0.2) is 24.3 Å². The fourth-order valence-corrected chi connectivity index (χ4v) is 1.80. The van der Waals surface area contributed by atoms with Crippen molar-refractivity contribution in [2.24, 2.45) is 5.73 Å². The molecular weight excluding hydrogens is 226 g/mol. The molecule has 0 aliphatic heterocycles. The Hall–Kier alpha value is -1.39. The largest absolute Gasteiger partial charge is 0.388 e. The first kappa shape index (κ1) is 14.7. The molecule has 0 spiro atoms. The van der Waals surface area contributed by atoms with Gasteiger partial charge in [-0.2, -0.15) is 0 Å². The highest BCUT2D eigenvalue weighted by Gasteiger charge is 2.07. The lowest BCUT2D eigenvalue weighted by Gasteiger charge is -2.22. The van der Waals surface area contributed by atoms with E-state index >= 15 is 0 Å². The van der Waals surface area contributed by atoms with Crippen molar-refractivity contribution >= 4 is 5.84 Å². The molecule has 0 amide bonds. The summed E-state index contributed by atoms with van der Waals surface area (Å²) < 4.78 is 5.12. The number of amidine groups is 1. The number of nitrogens with one attached hydrogen (secondary N) is 1. The second-order valence-electron chi connectivity index (χ2n) is 4.47. The Bertz CT molecular complexity index is 379. The zero-order valence-corrected chi connectivity index (χ0v) is 11.3. The van der Waals surface area contributed by atoms with Crippen LogP contribution in [0, 0.1) is 12.3 Å². The van der Waals surface area contributed by atoms with Crippen molar-refractivity contribution in [3.05, 3.63) is 35.4 Å². The van der Waals surface area contributed by atoms with E-state index < -0.39 is 0 Å². The Balaban J connectivity index is 2.59. The van der Waals surface area contributed by atoms with E-state index in [1.54, 1.807) is 7.11 Å². The van der Waals surface area contributed by atoms with Gasteiger partial charge in [0.15, 0.2) is 0 Å². The van der Waals surface area contributed by atoms with E-state index in [0.717, 1.165) is 19.6 Å². The number of rotatable bonds is 8. The summed E-state index contributed by atoms with van der Waals surface area (Å²) in [5.41, 5.74) is 8.03. The Morgan fingerprint density at radius 1 is 1.33 bits per heavy atom. The van der Waals surface area contributed by atoms with Gasteiger partial charge in [-0.15, -0.1) is 0 Å². The van der Waals surface area contributed by atoms with E-state index in [9.17, 15) is 0 Å². The molecule has 1 aromatic rings. The zero-order valence-electron chi connectivity index (χ0n) is 11.3. The third-order valence-corrected chi connectivity index (χ3v) is 2.96. The van der Waals surface area contributed by atoms with Gasteiger partial charge in [0.1, 0.15) is 0 Å². The molecule has 0 fully saturated rings. The van der Waals surface area contributed by atoms with E-state index in [0.29, 0.717) is 13.0 Å². The van der Waals surface area contributed by atoms with Crippen molar-refractivity contribution in [1.82, 2.24) is 4.90 Å². The van der Waals surface area contributed by atoms with Crippen molar-refractivity contribution < 1.29 is 4.74 Å². The molecule has 0 saturated carbocycles. The van der Waals surface area contributed by atoms with Crippen LogP contribution >= 0.6 is 0 Å². The van der Waals surface area contributed by atoms with E-state index in [-0.39, 0.29) is 5.84 Å². The van der Waals surface area contributed by atoms with E-state index in [1.165, 1.54) is 11.1 Å². The van der Waals surface area contributed by atoms with Crippen LogP contribution in [0.4, 0.5) is 0 Å². The fourth-order valence-electron chi connectivity index (χ4n) is 1.80. The number of aryl methyl sites for hydroxylation is 1. The summed E-state index contributed by atoms with van der Waals surface area (Å²) in [5, 5.41) is 7.31. The maximum absolute atomic E-state index is 7.31. The molecule has 0 aliphatic carbocycles. The van der Waals surface area contributed by atoms with Gasteiger partial charge in [0.05, 0.1) is 12.4 Å². The van der Waals surface area contributed by atoms with Gasteiger partial charge in [-0.3, -0.25) is 10.3 Å². The summed E-state index contributed by atoms with van der Waals surface area (Å²) in [6, 6.07) is 8.37. The molecule has 0 aliphatic rings. The second-order valence-corrected chi connectivity index (χ2v) is 4.47. The topological polar surface area (TPSA) is 62.3 Å². The molecule has 0 bridgehead atoms. The number of benzene rings is 1. The summed E-state index contributed by atoms with van der Waals surface area (Å²) in [6.45, 7) is 5.35. The van der Waals surface area contributed by atoms with Gasteiger partial charge >= 0.3 is 0 Å². The van der Waals surface area contributed by atoms with Crippen LogP contribution in [0.25, 0.3) is 0 Å². The monoisotopic (exact) mass is 249 g/mol. The molecule has 0 saturated heterocycles. The van der Waals surface area contributed by atoms with E-state index in [4.69, 9.17) is 15.9 Å². The van der Waals surface area contributed by atoms with Gasteiger partial charge in [-0.05, 0) is 18.1 Å². The fraction of sp³-hybridized carbons (Fsp3) is 0.500. The third kappa shape index (κ3) is 5.29. The molecule has 4 heteroatoms. The van der Waals surface area contributed by atoms with Gasteiger partial charge in [0, 0.05) is 33.2 Å². The minimum absolute atomic E-state index is 0.238. The van der Waals surface area contributed by atoms with Crippen LogP contribution in [0.2, 0.25) is 0 Å². The van der Waals surface area contributed by atoms with Crippen LogP contribution in [0.3, 0.4) is 0 Å². The highest BCUT2D eigenvalue weighted by atomic mass is 16.5. The third-order valence-electron chi connectivity index (χ3n) is 2.96. The molecule has 3 N–H and O–H groups in total. The molecule has 0 radical (unpaired) electrons. The van der Waals surface area contributed by atoms with Crippen LogP contribution in [-0.2, 0) is 11.3 Å². The van der Waals surface area contributed by atoms with Crippen LogP contribution in [-0.4, -0.2) is 37.5 Å². The Labute approximate surface area is 109 Å². The summed E-state index contributed by atoms with van der Waals surface area (Å²) in [6.07, 6.45) is 0.607. The average Bonchev–Trinajstić information content (AvgIpc) is 2.35. The van der Waals surface area contributed by atoms with Crippen molar-refractivity contribution in [3.63, 3.8) is 0 Å². The first-order valence-electron chi connectivity index (χ1n) is 6.22. The molecule has 100 valence electrons. The van der Waals surface area contributed by atoms with Gasteiger partial charge in [0.25, 0.3) is 0 Å². The van der Waals surface area contributed by atoms with Crippen molar-refractivity contribution in [3.8, 4) is 0 Å².